The Balaban J connectivity index is 0.00000121. The van der Waals surface area contributed by atoms with Gasteiger partial charge in [0.2, 0.25) is 0 Å². The average Bonchev–Trinajstić information content (AvgIpc) is 2.84. The van der Waals surface area contributed by atoms with Crippen LogP contribution in [0.5, 0.6) is 0 Å². The summed E-state index contributed by atoms with van der Waals surface area (Å²) in [6, 6.07) is 14.8. The van der Waals surface area contributed by atoms with E-state index >= 15 is 0 Å². The van der Waals surface area contributed by atoms with Crippen molar-refractivity contribution < 1.29 is 1.43 Å². The zero-order valence-corrected chi connectivity index (χ0v) is 10.5. The van der Waals surface area contributed by atoms with Crippen LogP contribution in [0.4, 0.5) is 0 Å². The van der Waals surface area contributed by atoms with Gasteiger partial charge in [0.15, 0.2) is 0 Å². The molecule has 92 valence electrons. The van der Waals surface area contributed by atoms with Crippen molar-refractivity contribution in [2.24, 2.45) is 0 Å². The topological polar surface area (TPSA) is 15.8 Å². The van der Waals surface area contributed by atoms with Crippen LogP contribution in [0.2, 0.25) is 0 Å². The highest BCUT2D eigenvalue weighted by atomic mass is 14.7. The second-order valence-electron chi connectivity index (χ2n) is 4.87. The third-order valence-corrected chi connectivity index (χ3v) is 3.90. The van der Waals surface area contributed by atoms with Crippen LogP contribution in [-0.2, 0) is 0 Å². The molecule has 1 heteroatoms. The lowest BCUT2D eigenvalue weighted by atomic mass is 9.97. The molecule has 0 saturated carbocycles. The van der Waals surface area contributed by atoms with Crippen LogP contribution < -0.4 is 5.22 Å². The van der Waals surface area contributed by atoms with E-state index in [2.05, 4.69) is 60.6 Å². The monoisotopic (exact) mass is 245 g/mol. The Labute approximate surface area is 112 Å². The van der Waals surface area contributed by atoms with Crippen molar-refractivity contribution >= 4 is 45.1 Å². The van der Waals surface area contributed by atoms with Gasteiger partial charge in [0.05, 0.1) is 0 Å². The van der Waals surface area contributed by atoms with Gasteiger partial charge < -0.3 is 4.98 Å². The van der Waals surface area contributed by atoms with E-state index in [0.29, 0.717) is 0 Å². The molecule has 0 radical (unpaired) electrons. The fraction of sp³-hybridized carbons (Fsp3) is 0. The van der Waals surface area contributed by atoms with E-state index < -0.39 is 0 Å². The predicted molar refractivity (Wildman–Crippen MR) is 86.3 cm³/mol. The van der Waals surface area contributed by atoms with Gasteiger partial charge in [-0.1, -0.05) is 49.6 Å². The third-order valence-electron chi connectivity index (χ3n) is 3.90. The maximum absolute atomic E-state index is 4.29. The van der Waals surface area contributed by atoms with Crippen LogP contribution in [-0.4, -0.2) is 4.98 Å². The molecule has 4 aromatic rings. The first-order valence-corrected chi connectivity index (χ1v) is 6.37. The number of aromatic nitrogens is 1. The highest BCUT2D eigenvalue weighted by Gasteiger charge is 2.12. The summed E-state index contributed by atoms with van der Waals surface area (Å²) in [5, 5.41) is 7.29. The molecule has 4 rings (SSSR count). The molecule has 0 bridgehead atoms. The standard InChI is InChI=1S/C18H13N.H2/c1-3-15-17-11(2)12-7-4-5-8-13(12)14-9-6-10-16(19-15)18(14)17;/h3-10,19H,1-2H2;1H. The fourth-order valence-corrected chi connectivity index (χ4v) is 3.07. The lowest BCUT2D eigenvalue weighted by Gasteiger charge is -2.06. The minimum absolute atomic E-state index is 0. The van der Waals surface area contributed by atoms with Gasteiger partial charge in [-0.3, -0.25) is 0 Å². The molecule has 0 unspecified atom stereocenters. The summed E-state index contributed by atoms with van der Waals surface area (Å²) in [5.74, 6) is 0. The molecule has 1 heterocycles. The minimum Gasteiger partial charge on any atom is -0.354 e. The number of hydrogen-bond donors (Lipinski definition) is 1. The maximum Gasteiger partial charge on any atom is 0.0471 e. The second kappa shape index (κ2) is 3.48. The zero-order chi connectivity index (χ0) is 13.0. The lowest BCUT2D eigenvalue weighted by Crippen LogP contribution is -2.02. The molecule has 0 atom stereocenters. The molecule has 1 N–H and O–H groups in total. The van der Waals surface area contributed by atoms with Gasteiger partial charge in [-0.2, -0.15) is 0 Å². The van der Waals surface area contributed by atoms with Gasteiger partial charge >= 0.3 is 0 Å². The Morgan fingerprint density at radius 1 is 0.895 bits per heavy atom. The van der Waals surface area contributed by atoms with Crippen LogP contribution >= 0.6 is 0 Å². The second-order valence-corrected chi connectivity index (χ2v) is 4.87. The van der Waals surface area contributed by atoms with Crippen LogP contribution in [0.15, 0.2) is 49.0 Å². The summed E-state index contributed by atoms with van der Waals surface area (Å²) >= 11 is 0. The molecule has 3 aromatic carbocycles. The number of aromatic amines is 1. The van der Waals surface area contributed by atoms with E-state index in [1.807, 2.05) is 6.08 Å². The van der Waals surface area contributed by atoms with Crippen LogP contribution in [0.3, 0.4) is 0 Å². The summed E-state index contributed by atoms with van der Waals surface area (Å²) in [5.41, 5.74) is 2.21. The van der Waals surface area contributed by atoms with Crippen molar-refractivity contribution in [3.8, 4) is 0 Å². The van der Waals surface area contributed by atoms with E-state index in [-0.39, 0.29) is 1.43 Å². The first-order valence-electron chi connectivity index (χ1n) is 6.37. The van der Waals surface area contributed by atoms with Gasteiger partial charge in [-0.05, 0) is 33.5 Å². The Kier molecular flexibility index (Phi) is 1.91. The predicted octanol–water partition coefficient (Wildman–Crippen LogP) is 4.49. The molecule has 0 spiro atoms. The molecule has 19 heavy (non-hydrogen) atoms. The van der Waals surface area contributed by atoms with Gasteiger partial charge in [0, 0.05) is 23.4 Å². The number of H-pyrrole nitrogens is 1. The molecular formula is C18H15N. The van der Waals surface area contributed by atoms with E-state index in [4.69, 9.17) is 0 Å². The molecule has 0 amide bonds. The van der Waals surface area contributed by atoms with Crippen LogP contribution in [0.1, 0.15) is 7.12 Å². The molecule has 1 aromatic heterocycles. The quantitative estimate of drug-likeness (QED) is 0.475. The van der Waals surface area contributed by atoms with Crippen molar-refractivity contribution in [2.45, 2.75) is 0 Å². The van der Waals surface area contributed by atoms with Gasteiger partial charge in [0.1, 0.15) is 0 Å². The van der Waals surface area contributed by atoms with Crippen LogP contribution in [0, 0.1) is 0 Å². The number of rotatable bonds is 1. The van der Waals surface area contributed by atoms with E-state index in [0.717, 1.165) is 16.4 Å². The minimum atomic E-state index is 0. The van der Waals surface area contributed by atoms with Gasteiger partial charge in [0.25, 0.3) is 0 Å². The lowest BCUT2D eigenvalue weighted by molar-refractivity contribution is 1.45. The van der Waals surface area contributed by atoms with Gasteiger partial charge in [-0.15, -0.1) is 0 Å². The third kappa shape index (κ3) is 1.19. The summed E-state index contributed by atoms with van der Waals surface area (Å²) in [6.07, 6.45) is 1.87. The van der Waals surface area contributed by atoms with Crippen molar-refractivity contribution in [3.63, 3.8) is 0 Å². The summed E-state index contributed by atoms with van der Waals surface area (Å²) in [4.78, 5) is 3.43. The SMILES string of the molecule is C=Cc1[nH]c2cccc3c4ccccc4c(=C)c1c23.[HH]. The Bertz CT molecular complexity index is 995. The first-order chi connectivity index (χ1) is 9.31. The van der Waals surface area contributed by atoms with E-state index in [9.17, 15) is 0 Å². The van der Waals surface area contributed by atoms with Crippen LogP contribution in [0.25, 0.3) is 45.1 Å². The number of nitrogens with one attached hydrogen (secondary N) is 1. The molecule has 1 nitrogen and oxygen atoms in total. The van der Waals surface area contributed by atoms with E-state index in [1.165, 1.54) is 26.9 Å². The van der Waals surface area contributed by atoms with Crippen molar-refractivity contribution in [2.75, 3.05) is 0 Å². The first kappa shape index (κ1) is 10.4. The van der Waals surface area contributed by atoms with Gasteiger partial charge in [-0.25, -0.2) is 0 Å². The Hall–Kier alpha value is -2.54. The van der Waals surface area contributed by atoms with Crippen molar-refractivity contribution in [1.29, 1.82) is 0 Å². The largest absolute Gasteiger partial charge is 0.354 e. The average molecular weight is 245 g/mol. The Morgan fingerprint density at radius 2 is 1.63 bits per heavy atom. The Morgan fingerprint density at radius 3 is 2.42 bits per heavy atom. The fourth-order valence-electron chi connectivity index (χ4n) is 3.07. The van der Waals surface area contributed by atoms with Crippen molar-refractivity contribution in [3.05, 3.63) is 60.0 Å². The molecule has 0 aliphatic carbocycles. The zero-order valence-electron chi connectivity index (χ0n) is 10.5. The number of hydrogen-bond acceptors (Lipinski definition) is 0. The maximum atomic E-state index is 4.29. The summed E-state index contributed by atoms with van der Waals surface area (Å²) < 4.78 is 0. The molecule has 0 fully saturated rings. The molecule has 0 aliphatic rings. The highest BCUT2D eigenvalue weighted by molar-refractivity contribution is 6.22. The molecule has 0 saturated heterocycles. The summed E-state index contributed by atoms with van der Waals surface area (Å²) in [6.45, 7) is 8.20. The van der Waals surface area contributed by atoms with Crippen molar-refractivity contribution in [1.82, 2.24) is 4.98 Å². The molecule has 0 aliphatic heterocycles. The number of benzene rings is 3. The molecular weight excluding hydrogens is 230 g/mol. The van der Waals surface area contributed by atoms with E-state index in [1.54, 1.807) is 0 Å². The normalized spacial score (nSPS) is 11.6. The number of fused-ring (bicyclic) bond motifs is 2. The highest BCUT2D eigenvalue weighted by Crippen LogP contribution is 2.32. The summed E-state index contributed by atoms with van der Waals surface area (Å²) in [7, 11) is 0. The smallest absolute Gasteiger partial charge is 0.0471 e.